The van der Waals surface area contributed by atoms with Gasteiger partial charge in [-0.15, -0.1) is 0 Å². The lowest BCUT2D eigenvalue weighted by atomic mass is 10.1. The molecule has 0 bridgehead atoms. The van der Waals surface area contributed by atoms with E-state index in [1.165, 1.54) is 0 Å². The number of hydrogen-bond acceptors (Lipinski definition) is 5. The summed E-state index contributed by atoms with van der Waals surface area (Å²) in [5.74, 6) is -1.19. The smallest absolute Gasteiger partial charge is 0.408 e. The Morgan fingerprint density at radius 2 is 1.89 bits per heavy atom. The van der Waals surface area contributed by atoms with Gasteiger partial charge in [0.25, 0.3) is 0 Å². The minimum Gasteiger partial charge on any atom is -0.480 e. The van der Waals surface area contributed by atoms with Crippen LogP contribution in [0.4, 0.5) is 9.59 Å². The van der Waals surface area contributed by atoms with Gasteiger partial charge in [-0.05, 0) is 33.6 Å². The molecule has 0 fully saturated rings. The van der Waals surface area contributed by atoms with E-state index in [2.05, 4.69) is 10.1 Å². The first-order valence-corrected chi connectivity index (χ1v) is 6.04. The molecule has 0 saturated heterocycles. The fourth-order valence-electron chi connectivity index (χ4n) is 1.15. The molecule has 1 atom stereocenters. The number of aliphatic carboxylic acids is 1. The third kappa shape index (κ3) is 10.1. The Morgan fingerprint density at radius 3 is 2.32 bits per heavy atom. The van der Waals surface area contributed by atoms with Gasteiger partial charge in [-0.2, -0.15) is 0 Å². The maximum Gasteiger partial charge on any atom is 0.408 e. The minimum atomic E-state index is -1.19. The summed E-state index contributed by atoms with van der Waals surface area (Å²) in [4.78, 5) is 32.6. The van der Waals surface area contributed by atoms with Crippen molar-refractivity contribution in [3.8, 4) is 0 Å². The number of amides is 1. The monoisotopic (exact) mass is 295 g/mol. The average Bonchev–Trinajstić information content (AvgIpc) is 2.19. The molecule has 0 aliphatic heterocycles. The van der Waals surface area contributed by atoms with Gasteiger partial charge in [0.2, 0.25) is 0 Å². The summed E-state index contributed by atoms with van der Waals surface area (Å²) in [6.45, 7) is 4.99. The van der Waals surface area contributed by atoms with Crippen LogP contribution in [0.2, 0.25) is 0 Å². The highest BCUT2D eigenvalue weighted by atomic mass is 35.5. The summed E-state index contributed by atoms with van der Waals surface area (Å²) in [7, 11) is 0. The standard InChI is InChI=1S/C11H18ClNO6/c1-11(2,3)19-10(17)13-7(8(14)15)5-4-6-18-9(12)16/h7H,4-6H2,1-3H3,(H,13,17)(H,14,15). The Kier molecular flexibility index (Phi) is 7.21. The van der Waals surface area contributed by atoms with E-state index in [4.69, 9.17) is 21.4 Å². The van der Waals surface area contributed by atoms with Crippen LogP contribution in [-0.4, -0.2) is 40.8 Å². The quantitative estimate of drug-likeness (QED) is 0.575. The largest absolute Gasteiger partial charge is 0.480 e. The normalized spacial score (nSPS) is 12.4. The molecule has 8 heteroatoms. The molecule has 0 aromatic carbocycles. The second-order valence-electron chi connectivity index (χ2n) is 4.77. The summed E-state index contributed by atoms with van der Waals surface area (Å²) in [6.07, 6.45) is -0.460. The number of halogens is 1. The zero-order chi connectivity index (χ0) is 15.1. The van der Waals surface area contributed by atoms with Crippen LogP contribution < -0.4 is 5.32 Å². The van der Waals surface area contributed by atoms with E-state index in [1.807, 2.05) is 0 Å². The zero-order valence-corrected chi connectivity index (χ0v) is 11.8. The molecule has 0 aliphatic rings. The highest BCUT2D eigenvalue weighted by Crippen LogP contribution is 2.08. The Bertz CT molecular complexity index is 339. The van der Waals surface area contributed by atoms with Crippen molar-refractivity contribution in [2.45, 2.75) is 45.3 Å². The highest BCUT2D eigenvalue weighted by Gasteiger charge is 2.23. The molecule has 1 unspecified atom stereocenters. The number of carbonyl (C=O) groups excluding carboxylic acids is 2. The van der Waals surface area contributed by atoms with E-state index in [0.717, 1.165) is 0 Å². The van der Waals surface area contributed by atoms with Crippen molar-refractivity contribution in [1.82, 2.24) is 5.32 Å². The molecule has 1 amide bonds. The zero-order valence-electron chi connectivity index (χ0n) is 11.1. The van der Waals surface area contributed by atoms with Crippen LogP contribution in [0.15, 0.2) is 0 Å². The molecule has 0 saturated carbocycles. The number of ether oxygens (including phenoxy) is 2. The average molecular weight is 296 g/mol. The number of rotatable bonds is 6. The van der Waals surface area contributed by atoms with Crippen LogP contribution in [-0.2, 0) is 14.3 Å². The van der Waals surface area contributed by atoms with Crippen molar-refractivity contribution in [3.63, 3.8) is 0 Å². The number of hydrogen-bond donors (Lipinski definition) is 2. The van der Waals surface area contributed by atoms with Gasteiger partial charge in [0.15, 0.2) is 0 Å². The lowest BCUT2D eigenvalue weighted by molar-refractivity contribution is -0.139. The number of carboxylic acid groups (broad SMARTS) is 1. The Balaban J connectivity index is 4.16. The molecule has 0 radical (unpaired) electrons. The van der Waals surface area contributed by atoms with Crippen molar-refractivity contribution >= 4 is 29.1 Å². The van der Waals surface area contributed by atoms with Crippen molar-refractivity contribution in [2.24, 2.45) is 0 Å². The van der Waals surface area contributed by atoms with Gasteiger partial charge < -0.3 is 19.9 Å². The molecular weight excluding hydrogens is 278 g/mol. The van der Waals surface area contributed by atoms with Crippen LogP contribution in [0.25, 0.3) is 0 Å². The molecular formula is C11H18ClNO6. The summed E-state index contributed by atoms with van der Waals surface area (Å²) in [5, 5.41) is 11.2. The van der Waals surface area contributed by atoms with Gasteiger partial charge in [-0.25, -0.2) is 14.4 Å². The van der Waals surface area contributed by atoms with Crippen molar-refractivity contribution < 1.29 is 29.0 Å². The summed E-state index contributed by atoms with van der Waals surface area (Å²) < 4.78 is 9.39. The fraction of sp³-hybridized carbons (Fsp3) is 0.727. The van der Waals surface area contributed by atoms with E-state index in [-0.39, 0.29) is 19.4 Å². The Labute approximate surface area is 116 Å². The van der Waals surface area contributed by atoms with Gasteiger partial charge in [-0.1, -0.05) is 0 Å². The molecule has 0 aromatic heterocycles. The van der Waals surface area contributed by atoms with Gasteiger partial charge in [0.05, 0.1) is 6.61 Å². The SMILES string of the molecule is CC(C)(C)OC(=O)NC(CCCOC(=O)Cl)C(=O)O. The van der Waals surface area contributed by atoms with E-state index >= 15 is 0 Å². The Hall–Kier alpha value is -1.50. The highest BCUT2D eigenvalue weighted by molar-refractivity contribution is 6.61. The maximum atomic E-state index is 11.4. The van der Waals surface area contributed by atoms with Crippen molar-refractivity contribution in [1.29, 1.82) is 0 Å². The van der Waals surface area contributed by atoms with E-state index in [1.54, 1.807) is 20.8 Å². The lowest BCUT2D eigenvalue weighted by Crippen LogP contribution is -2.43. The molecule has 0 heterocycles. The summed E-state index contributed by atoms with van der Waals surface area (Å²) >= 11 is 4.95. The molecule has 19 heavy (non-hydrogen) atoms. The van der Waals surface area contributed by atoms with Crippen LogP contribution in [0.1, 0.15) is 33.6 Å². The van der Waals surface area contributed by atoms with Crippen LogP contribution in [0, 0.1) is 0 Å². The van der Waals surface area contributed by atoms with Gasteiger partial charge in [0.1, 0.15) is 11.6 Å². The van der Waals surface area contributed by atoms with Crippen LogP contribution >= 0.6 is 11.6 Å². The first-order valence-electron chi connectivity index (χ1n) is 5.66. The molecule has 110 valence electrons. The Morgan fingerprint density at radius 1 is 1.32 bits per heavy atom. The molecule has 2 N–H and O–H groups in total. The minimum absolute atomic E-state index is 0.0118. The molecule has 0 spiro atoms. The number of carbonyl (C=O) groups is 3. The van der Waals surface area contributed by atoms with E-state index in [0.29, 0.717) is 0 Å². The molecule has 7 nitrogen and oxygen atoms in total. The number of carboxylic acids is 1. The number of alkyl carbamates (subject to hydrolysis) is 1. The first kappa shape index (κ1) is 17.5. The summed E-state index contributed by atoms with van der Waals surface area (Å²) in [6, 6.07) is -1.11. The fourth-order valence-corrected chi connectivity index (χ4v) is 1.22. The molecule has 0 aromatic rings. The third-order valence-corrected chi connectivity index (χ3v) is 1.95. The topological polar surface area (TPSA) is 102 Å². The molecule has 0 aliphatic carbocycles. The first-order chi connectivity index (χ1) is 8.61. The van der Waals surface area contributed by atoms with E-state index in [9.17, 15) is 14.4 Å². The van der Waals surface area contributed by atoms with Crippen LogP contribution in [0.3, 0.4) is 0 Å². The van der Waals surface area contributed by atoms with Gasteiger partial charge in [0, 0.05) is 11.6 Å². The van der Waals surface area contributed by atoms with Gasteiger partial charge >= 0.3 is 17.5 Å². The maximum absolute atomic E-state index is 11.4. The second kappa shape index (κ2) is 7.83. The summed E-state index contributed by atoms with van der Waals surface area (Å²) in [5.41, 5.74) is -1.66. The van der Waals surface area contributed by atoms with Gasteiger partial charge in [-0.3, -0.25) is 0 Å². The van der Waals surface area contributed by atoms with Crippen molar-refractivity contribution in [2.75, 3.05) is 6.61 Å². The van der Waals surface area contributed by atoms with Crippen LogP contribution in [0.5, 0.6) is 0 Å². The predicted molar refractivity (Wildman–Crippen MR) is 67.2 cm³/mol. The second-order valence-corrected chi connectivity index (χ2v) is 5.07. The molecule has 0 rings (SSSR count). The van der Waals surface area contributed by atoms with Crippen molar-refractivity contribution in [3.05, 3.63) is 0 Å². The van der Waals surface area contributed by atoms with E-state index < -0.39 is 29.1 Å². The third-order valence-electron chi connectivity index (χ3n) is 1.84. The predicted octanol–water partition coefficient (Wildman–Crippen LogP) is 2.12. The number of nitrogens with one attached hydrogen (secondary N) is 1. The lowest BCUT2D eigenvalue weighted by Gasteiger charge is -2.21.